The lowest BCUT2D eigenvalue weighted by molar-refractivity contribution is -0.167. The number of esters is 2. The molecule has 0 aliphatic carbocycles. The van der Waals surface area contributed by atoms with Crippen molar-refractivity contribution in [2.45, 2.75) is 31.3 Å². The predicted octanol–water partition coefficient (Wildman–Crippen LogP) is 3.62. The Morgan fingerprint density at radius 1 is 1.24 bits per heavy atom. The number of rotatable bonds is 7. The zero-order chi connectivity index (χ0) is 20.9. The Morgan fingerprint density at radius 2 is 1.93 bits per heavy atom. The van der Waals surface area contributed by atoms with Gasteiger partial charge >= 0.3 is 11.9 Å². The second-order valence-corrected chi connectivity index (χ2v) is 7.11. The summed E-state index contributed by atoms with van der Waals surface area (Å²) in [6, 6.07) is 15.0. The molecule has 0 spiro atoms. The highest BCUT2D eigenvalue weighted by Crippen LogP contribution is 2.33. The fourth-order valence-corrected chi connectivity index (χ4v) is 3.33. The Hall–Kier alpha value is -2.99. The van der Waals surface area contributed by atoms with Crippen LogP contribution in [0.4, 0.5) is 4.39 Å². The number of ether oxygens (including phenoxy) is 2. The summed E-state index contributed by atoms with van der Waals surface area (Å²) in [5, 5.41) is 9.83. The normalized spacial score (nSPS) is 21.1. The summed E-state index contributed by atoms with van der Waals surface area (Å²) in [4.78, 5) is 24.8. The van der Waals surface area contributed by atoms with Crippen molar-refractivity contribution in [3.8, 4) is 0 Å². The van der Waals surface area contributed by atoms with Gasteiger partial charge in [0.05, 0.1) is 12.5 Å². The summed E-state index contributed by atoms with van der Waals surface area (Å²) in [7, 11) is 0. The zero-order valence-electron chi connectivity index (χ0n) is 16.1. The van der Waals surface area contributed by atoms with Crippen LogP contribution in [0.15, 0.2) is 60.2 Å². The van der Waals surface area contributed by atoms with Crippen LogP contribution in [0, 0.1) is 5.82 Å². The van der Waals surface area contributed by atoms with E-state index in [4.69, 9.17) is 9.47 Å². The molecule has 1 aliphatic rings. The average Bonchev–Trinajstić information content (AvgIpc) is 3.05. The van der Waals surface area contributed by atoms with Gasteiger partial charge in [-0.25, -0.2) is 9.18 Å². The lowest BCUT2D eigenvalue weighted by Crippen LogP contribution is -2.39. The monoisotopic (exact) mass is 398 g/mol. The number of halogens is 1. The molecule has 1 N–H and O–H groups in total. The zero-order valence-corrected chi connectivity index (χ0v) is 16.1. The highest BCUT2D eigenvalue weighted by Gasteiger charge is 2.45. The lowest BCUT2D eigenvalue weighted by Gasteiger charge is -2.25. The van der Waals surface area contributed by atoms with Gasteiger partial charge in [0.15, 0.2) is 5.60 Å². The van der Waals surface area contributed by atoms with Gasteiger partial charge in [-0.3, -0.25) is 4.79 Å². The van der Waals surface area contributed by atoms with Crippen molar-refractivity contribution in [1.82, 2.24) is 0 Å². The molecule has 29 heavy (non-hydrogen) atoms. The molecule has 2 aromatic carbocycles. The molecular formula is C23H23FO5. The first-order chi connectivity index (χ1) is 14.0. The molecule has 3 rings (SSSR count). The van der Waals surface area contributed by atoms with Crippen molar-refractivity contribution in [3.05, 3.63) is 77.1 Å². The van der Waals surface area contributed by atoms with Gasteiger partial charge in [-0.1, -0.05) is 49.4 Å². The fraction of sp³-hybridized carbons (Fsp3) is 0.304. The maximum absolute atomic E-state index is 13.1. The van der Waals surface area contributed by atoms with Crippen LogP contribution in [0.25, 0.3) is 6.08 Å². The largest absolute Gasteiger partial charge is 0.461 e. The Kier molecular flexibility index (Phi) is 6.44. The molecule has 2 aromatic rings. The third kappa shape index (κ3) is 4.90. The van der Waals surface area contributed by atoms with Crippen LogP contribution in [0.5, 0.6) is 0 Å². The lowest BCUT2D eigenvalue weighted by atomic mass is 9.96. The molecule has 152 valence electrons. The van der Waals surface area contributed by atoms with Crippen LogP contribution in [0.1, 0.15) is 36.8 Å². The molecule has 1 saturated heterocycles. The molecule has 2 unspecified atom stereocenters. The third-order valence-electron chi connectivity index (χ3n) is 4.96. The van der Waals surface area contributed by atoms with Crippen molar-refractivity contribution in [2.75, 3.05) is 13.2 Å². The predicted molar refractivity (Wildman–Crippen MR) is 105 cm³/mol. The van der Waals surface area contributed by atoms with Gasteiger partial charge in [-0.05, 0) is 35.8 Å². The second kappa shape index (κ2) is 9.01. The summed E-state index contributed by atoms with van der Waals surface area (Å²) in [6.45, 7) is 1.17. The molecule has 2 atom stereocenters. The molecule has 0 aromatic heterocycles. The van der Waals surface area contributed by atoms with Crippen molar-refractivity contribution in [3.63, 3.8) is 0 Å². The summed E-state index contributed by atoms with van der Waals surface area (Å²) in [5.74, 6) is -1.83. The Morgan fingerprint density at radius 3 is 2.55 bits per heavy atom. The van der Waals surface area contributed by atoms with E-state index in [1.54, 1.807) is 18.2 Å². The standard InChI is InChI=1S/C23H23FO5/c1-2-20(17-6-4-3-5-7-17)22(27)28-15-23(14-25)13-18(21(26)29-23)12-16-8-10-19(24)11-9-16/h3-12,20,25H,2,13-15H2,1H3/b18-12-. The Balaban J connectivity index is 1.69. The van der Waals surface area contributed by atoms with Crippen molar-refractivity contribution in [2.24, 2.45) is 0 Å². The summed E-state index contributed by atoms with van der Waals surface area (Å²) in [5.41, 5.74) is 0.502. The number of aliphatic hydroxyl groups is 1. The van der Waals surface area contributed by atoms with Gasteiger partial charge in [0.25, 0.3) is 0 Å². The number of carbonyl (C=O) groups is 2. The topological polar surface area (TPSA) is 72.8 Å². The van der Waals surface area contributed by atoms with Crippen LogP contribution in [-0.2, 0) is 19.1 Å². The minimum Gasteiger partial charge on any atom is -0.461 e. The van der Waals surface area contributed by atoms with Crippen LogP contribution in [-0.4, -0.2) is 35.9 Å². The van der Waals surface area contributed by atoms with Gasteiger partial charge in [0.2, 0.25) is 0 Å². The smallest absolute Gasteiger partial charge is 0.334 e. The molecule has 1 heterocycles. The number of aliphatic hydroxyl groups excluding tert-OH is 1. The van der Waals surface area contributed by atoms with Crippen molar-refractivity contribution < 1.29 is 28.6 Å². The molecule has 6 heteroatoms. The SMILES string of the molecule is CCC(C(=O)OCC1(CO)C/C(=C/c2ccc(F)cc2)C(=O)O1)c1ccccc1. The first kappa shape index (κ1) is 20.7. The molecule has 1 fully saturated rings. The Labute approximate surface area is 168 Å². The summed E-state index contributed by atoms with van der Waals surface area (Å²) in [6.07, 6.45) is 2.24. The van der Waals surface area contributed by atoms with E-state index in [0.717, 1.165) is 5.56 Å². The van der Waals surface area contributed by atoms with E-state index in [-0.39, 0.29) is 18.8 Å². The van der Waals surface area contributed by atoms with E-state index >= 15 is 0 Å². The molecular weight excluding hydrogens is 375 g/mol. The molecule has 0 radical (unpaired) electrons. The first-order valence-electron chi connectivity index (χ1n) is 9.48. The van der Waals surface area contributed by atoms with Gasteiger partial charge in [0.1, 0.15) is 12.4 Å². The quantitative estimate of drug-likeness (QED) is 0.570. The third-order valence-corrected chi connectivity index (χ3v) is 4.96. The summed E-state index contributed by atoms with van der Waals surface area (Å²) >= 11 is 0. The highest BCUT2D eigenvalue weighted by atomic mass is 19.1. The van der Waals surface area contributed by atoms with Gasteiger partial charge in [-0.15, -0.1) is 0 Å². The average molecular weight is 398 g/mol. The van der Waals surface area contributed by atoms with Crippen molar-refractivity contribution in [1.29, 1.82) is 0 Å². The van der Waals surface area contributed by atoms with E-state index in [2.05, 4.69) is 0 Å². The van der Waals surface area contributed by atoms with E-state index in [1.807, 2.05) is 37.3 Å². The maximum Gasteiger partial charge on any atom is 0.334 e. The van der Waals surface area contributed by atoms with E-state index in [1.165, 1.54) is 12.1 Å². The van der Waals surface area contributed by atoms with Gasteiger partial charge < -0.3 is 14.6 Å². The van der Waals surface area contributed by atoms with E-state index < -0.39 is 30.1 Å². The summed E-state index contributed by atoms with van der Waals surface area (Å²) < 4.78 is 23.9. The Bertz CT molecular complexity index is 891. The molecule has 0 amide bonds. The van der Waals surface area contributed by atoms with Crippen LogP contribution < -0.4 is 0 Å². The second-order valence-electron chi connectivity index (χ2n) is 7.11. The first-order valence-corrected chi connectivity index (χ1v) is 9.48. The highest BCUT2D eigenvalue weighted by molar-refractivity contribution is 5.96. The maximum atomic E-state index is 13.1. The molecule has 5 nitrogen and oxygen atoms in total. The van der Waals surface area contributed by atoms with Crippen molar-refractivity contribution >= 4 is 18.0 Å². The number of hydrogen-bond donors (Lipinski definition) is 1. The van der Waals surface area contributed by atoms with E-state index in [0.29, 0.717) is 17.6 Å². The number of carbonyl (C=O) groups excluding carboxylic acids is 2. The molecule has 0 saturated carbocycles. The van der Waals surface area contributed by atoms with Crippen LogP contribution in [0.2, 0.25) is 0 Å². The van der Waals surface area contributed by atoms with Gasteiger partial charge in [0, 0.05) is 12.0 Å². The number of hydrogen-bond acceptors (Lipinski definition) is 5. The van der Waals surface area contributed by atoms with E-state index in [9.17, 15) is 19.1 Å². The minimum absolute atomic E-state index is 0.0924. The van der Waals surface area contributed by atoms with Crippen LogP contribution in [0.3, 0.4) is 0 Å². The fourth-order valence-electron chi connectivity index (χ4n) is 3.33. The molecule has 0 bridgehead atoms. The van der Waals surface area contributed by atoms with Crippen LogP contribution >= 0.6 is 0 Å². The van der Waals surface area contributed by atoms with Gasteiger partial charge in [-0.2, -0.15) is 0 Å². The number of cyclic esters (lactones) is 1. The minimum atomic E-state index is -1.31. The molecule has 1 aliphatic heterocycles. The number of benzene rings is 2.